The number of hydrogen-bond acceptors (Lipinski definition) is 4. The minimum Gasteiger partial charge on any atom is -0.489 e. The topological polar surface area (TPSA) is 59.9 Å². The lowest BCUT2D eigenvalue weighted by Gasteiger charge is -2.13. The van der Waals surface area contributed by atoms with Crippen LogP contribution in [0.4, 0.5) is 0 Å². The monoisotopic (exact) mass is 388 g/mol. The number of nitrogens with zero attached hydrogens (tertiary/aromatic N) is 1. The van der Waals surface area contributed by atoms with Crippen molar-refractivity contribution in [1.82, 2.24) is 5.43 Å². The van der Waals surface area contributed by atoms with Gasteiger partial charge in [0.05, 0.1) is 6.21 Å². The van der Waals surface area contributed by atoms with Crippen molar-refractivity contribution in [2.45, 2.75) is 26.6 Å². The molecular weight excluding hydrogens is 364 g/mol. The maximum Gasteiger partial charge on any atom is 0.280 e. The van der Waals surface area contributed by atoms with Gasteiger partial charge in [0.25, 0.3) is 5.91 Å². The fourth-order valence-corrected chi connectivity index (χ4v) is 2.53. The highest BCUT2D eigenvalue weighted by Gasteiger charge is 2.13. The van der Waals surface area contributed by atoms with Crippen molar-refractivity contribution in [3.8, 4) is 11.5 Å². The van der Waals surface area contributed by atoms with E-state index in [0.29, 0.717) is 12.4 Å². The van der Waals surface area contributed by atoms with Crippen LogP contribution in [0.1, 0.15) is 23.6 Å². The van der Waals surface area contributed by atoms with E-state index >= 15 is 0 Å². The second kappa shape index (κ2) is 10.1. The van der Waals surface area contributed by atoms with Crippen molar-refractivity contribution in [3.63, 3.8) is 0 Å². The van der Waals surface area contributed by atoms with Crippen molar-refractivity contribution in [3.05, 3.63) is 95.6 Å². The van der Waals surface area contributed by atoms with Crippen LogP contribution in [-0.4, -0.2) is 18.2 Å². The number of rotatable bonds is 8. The maximum atomic E-state index is 12.1. The number of hydrazone groups is 1. The lowest BCUT2D eigenvalue weighted by molar-refractivity contribution is -0.127. The SMILES string of the molecule is Cc1ccc(/C=N\NC(=O)[C@@H](C)Oc2ccc(OCc3ccccc3)cc2)cc1. The van der Waals surface area contributed by atoms with Gasteiger partial charge < -0.3 is 9.47 Å². The predicted octanol–water partition coefficient (Wildman–Crippen LogP) is 4.49. The molecule has 148 valence electrons. The third-order valence-corrected chi connectivity index (χ3v) is 4.22. The molecule has 0 heterocycles. The largest absolute Gasteiger partial charge is 0.489 e. The summed E-state index contributed by atoms with van der Waals surface area (Å²) < 4.78 is 11.4. The minimum absolute atomic E-state index is 0.322. The lowest BCUT2D eigenvalue weighted by atomic mass is 10.2. The highest BCUT2D eigenvalue weighted by molar-refractivity contribution is 5.84. The van der Waals surface area contributed by atoms with Gasteiger partial charge in [-0.15, -0.1) is 0 Å². The summed E-state index contributed by atoms with van der Waals surface area (Å²) in [4.78, 5) is 12.1. The van der Waals surface area contributed by atoms with Crippen LogP contribution in [0.2, 0.25) is 0 Å². The van der Waals surface area contributed by atoms with Crippen molar-refractivity contribution < 1.29 is 14.3 Å². The number of nitrogens with one attached hydrogen (secondary N) is 1. The lowest BCUT2D eigenvalue weighted by Crippen LogP contribution is -2.33. The third kappa shape index (κ3) is 6.50. The maximum absolute atomic E-state index is 12.1. The molecule has 29 heavy (non-hydrogen) atoms. The molecular formula is C24H24N2O3. The molecule has 0 aliphatic heterocycles. The number of carbonyl (C=O) groups excluding carboxylic acids is 1. The Morgan fingerprint density at radius 2 is 1.62 bits per heavy atom. The quantitative estimate of drug-likeness (QED) is 0.457. The smallest absolute Gasteiger partial charge is 0.280 e. The van der Waals surface area contributed by atoms with E-state index < -0.39 is 6.10 Å². The molecule has 3 rings (SSSR count). The molecule has 0 aromatic heterocycles. The fraction of sp³-hybridized carbons (Fsp3) is 0.167. The summed E-state index contributed by atoms with van der Waals surface area (Å²) in [6, 6.07) is 25.0. The summed E-state index contributed by atoms with van der Waals surface area (Å²) in [7, 11) is 0. The van der Waals surface area contributed by atoms with E-state index in [1.54, 1.807) is 25.3 Å². The highest BCUT2D eigenvalue weighted by Crippen LogP contribution is 2.19. The molecule has 0 aliphatic carbocycles. The van der Waals surface area contributed by atoms with Gasteiger partial charge in [-0.2, -0.15) is 5.10 Å². The van der Waals surface area contributed by atoms with E-state index in [1.807, 2.05) is 73.7 Å². The zero-order valence-electron chi connectivity index (χ0n) is 16.5. The Morgan fingerprint density at radius 3 is 2.31 bits per heavy atom. The van der Waals surface area contributed by atoms with Gasteiger partial charge in [-0.25, -0.2) is 5.43 Å². The molecule has 5 heteroatoms. The third-order valence-electron chi connectivity index (χ3n) is 4.22. The average Bonchev–Trinajstić information content (AvgIpc) is 2.75. The Balaban J connectivity index is 1.46. The number of carbonyl (C=O) groups is 1. The molecule has 0 bridgehead atoms. The van der Waals surface area contributed by atoms with Gasteiger partial charge in [0.2, 0.25) is 0 Å². The molecule has 5 nitrogen and oxygen atoms in total. The van der Waals surface area contributed by atoms with Gasteiger partial charge in [-0.3, -0.25) is 4.79 Å². The summed E-state index contributed by atoms with van der Waals surface area (Å²) in [5.41, 5.74) is 5.68. The fourth-order valence-electron chi connectivity index (χ4n) is 2.53. The van der Waals surface area contributed by atoms with E-state index in [9.17, 15) is 4.79 Å². The molecule has 0 unspecified atom stereocenters. The van der Waals surface area contributed by atoms with Crippen LogP contribution in [0.3, 0.4) is 0 Å². The second-order valence-electron chi connectivity index (χ2n) is 6.65. The molecule has 3 aromatic rings. The molecule has 0 spiro atoms. The van der Waals surface area contributed by atoms with E-state index in [0.717, 1.165) is 16.9 Å². The Bertz CT molecular complexity index is 936. The molecule has 1 atom stereocenters. The normalized spacial score (nSPS) is 11.8. The first-order chi connectivity index (χ1) is 14.1. The van der Waals surface area contributed by atoms with Crippen molar-refractivity contribution in [2.24, 2.45) is 5.10 Å². The van der Waals surface area contributed by atoms with Crippen molar-refractivity contribution in [2.75, 3.05) is 0 Å². The molecule has 3 aromatic carbocycles. The average molecular weight is 388 g/mol. The number of aryl methyl sites for hydroxylation is 1. The first-order valence-electron chi connectivity index (χ1n) is 9.43. The first kappa shape index (κ1) is 20.1. The van der Waals surface area contributed by atoms with E-state index in [-0.39, 0.29) is 5.91 Å². The van der Waals surface area contributed by atoms with Crippen LogP contribution in [0.15, 0.2) is 84.0 Å². The predicted molar refractivity (Wildman–Crippen MR) is 114 cm³/mol. The van der Waals surface area contributed by atoms with E-state index in [4.69, 9.17) is 9.47 Å². The second-order valence-corrected chi connectivity index (χ2v) is 6.65. The number of ether oxygens (including phenoxy) is 2. The number of benzene rings is 3. The molecule has 0 fully saturated rings. The standard InChI is InChI=1S/C24H24N2O3/c1-18-8-10-20(11-9-18)16-25-26-24(27)19(2)29-23-14-12-22(13-15-23)28-17-21-6-4-3-5-7-21/h3-16,19H,17H2,1-2H3,(H,26,27)/b25-16-/t19-/m1/s1. The van der Waals surface area contributed by atoms with Crippen molar-refractivity contribution in [1.29, 1.82) is 0 Å². The summed E-state index contributed by atoms with van der Waals surface area (Å²) in [6.07, 6.45) is 0.921. The van der Waals surface area contributed by atoms with Crippen molar-refractivity contribution >= 4 is 12.1 Å². The van der Waals surface area contributed by atoms with Crippen LogP contribution in [-0.2, 0) is 11.4 Å². The van der Waals surface area contributed by atoms with Gasteiger partial charge in [0.15, 0.2) is 6.10 Å². The van der Waals surface area contributed by atoms with Crippen LogP contribution in [0, 0.1) is 6.92 Å². The number of amides is 1. The Kier molecular flexibility index (Phi) is 7.00. The summed E-state index contributed by atoms with van der Waals surface area (Å²) >= 11 is 0. The number of hydrogen-bond donors (Lipinski definition) is 1. The van der Waals surface area contributed by atoms with Gasteiger partial charge in [0, 0.05) is 0 Å². The molecule has 1 N–H and O–H groups in total. The van der Waals surface area contributed by atoms with E-state index in [2.05, 4.69) is 10.5 Å². The Labute approximate surface area is 171 Å². The molecule has 0 saturated carbocycles. The zero-order chi connectivity index (χ0) is 20.5. The summed E-state index contributed by atoms with van der Waals surface area (Å²) in [5, 5.41) is 3.98. The molecule has 1 amide bonds. The summed E-state index contributed by atoms with van der Waals surface area (Å²) in [5.74, 6) is 1.00. The van der Waals surface area contributed by atoms with Crippen LogP contribution in [0.5, 0.6) is 11.5 Å². The first-order valence-corrected chi connectivity index (χ1v) is 9.43. The van der Waals surface area contributed by atoms with Gasteiger partial charge in [-0.1, -0.05) is 60.2 Å². The van der Waals surface area contributed by atoms with Gasteiger partial charge >= 0.3 is 0 Å². The highest BCUT2D eigenvalue weighted by atomic mass is 16.5. The zero-order valence-corrected chi connectivity index (χ0v) is 16.5. The van der Waals surface area contributed by atoms with Gasteiger partial charge in [0.1, 0.15) is 18.1 Å². The minimum atomic E-state index is -0.679. The molecule has 0 saturated heterocycles. The van der Waals surface area contributed by atoms with Crippen LogP contribution >= 0.6 is 0 Å². The Morgan fingerprint density at radius 1 is 0.966 bits per heavy atom. The van der Waals surface area contributed by atoms with Crippen LogP contribution in [0.25, 0.3) is 0 Å². The van der Waals surface area contributed by atoms with Gasteiger partial charge in [-0.05, 0) is 49.2 Å². The molecule has 0 aliphatic rings. The van der Waals surface area contributed by atoms with Crippen LogP contribution < -0.4 is 14.9 Å². The summed E-state index contributed by atoms with van der Waals surface area (Å²) in [6.45, 7) is 4.19. The molecule has 0 radical (unpaired) electrons. The Hall–Kier alpha value is -3.60. The van der Waals surface area contributed by atoms with E-state index in [1.165, 1.54) is 5.56 Å².